The van der Waals surface area contributed by atoms with Crippen molar-refractivity contribution < 1.29 is 4.79 Å². The molecule has 6 nitrogen and oxygen atoms in total. The first-order chi connectivity index (χ1) is 13.5. The molecule has 0 aliphatic heterocycles. The van der Waals surface area contributed by atoms with E-state index in [9.17, 15) is 9.59 Å². The summed E-state index contributed by atoms with van der Waals surface area (Å²) < 4.78 is 1.77. The number of hydrogen-bond donors (Lipinski definition) is 1. The fourth-order valence-corrected chi connectivity index (χ4v) is 4.11. The van der Waals surface area contributed by atoms with Gasteiger partial charge in [0.05, 0.1) is 10.9 Å². The first-order valence-electron chi connectivity index (χ1n) is 9.16. The number of nitrogens with zero attached hydrogens (tertiary/aromatic N) is 3. The van der Waals surface area contributed by atoms with Crippen LogP contribution < -0.4 is 10.1 Å². The number of fused-ring (bicyclic) bond motifs is 2. The molecule has 0 bridgehead atoms. The van der Waals surface area contributed by atoms with Crippen molar-refractivity contribution in [2.24, 2.45) is 5.92 Å². The topological polar surface area (TPSA) is 76.4 Å². The van der Waals surface area contributed by atoms with Crippen LogP contribution in [0.5, 0.6) is 0 Å². The van der Waals surface area contributed by atoms with E-state index < -0.39 is 0 Å². The van der Waals surface area contributed by atoms with Gasteiger partial charge >= 0.3 is 0 Å². The lowest BCUT2D eigenvalue weighted by Gasteiger charge is -2.19. The quantitative estimate of drug-likeness (QED) is 0.560. The molecule has 3 heterocycles. The number of carbonyl (C=O) groups is 1. The van der Waals surface area contributed by atoms with Crippen LogP contribution in [0.2, 0.25) is 0 Å². The summed E-state index contributed by atoms with van der Waals surface area (Å²) in [6, 6.07) is 14.4. The largest absolute Gasteiger partial charge is 0.341 e. The van der Waals surface area contributed by atoms with Crippen molar-refractivity contribution >= 4 is 33.7 Å². The van der Waals surface area contributed by atoms with Crippen molar-refractivity contribution in [1.82, 2.24) is 19.9 Å². The molecule has 0 spiro atoms. The molecule has 1 atom stereocenters. The number of rotatable bonds is 5. The number of aromatic nitrogens is 3. The Labute approximate surface area is 165 Å². The molecule has 1 aromatic carbocycles. The average Bonchev–Trinajstić information content (AvgIpc) is 3.11. The zero-order valence-electron chi connectivity index (χ0n) is 15.6. The maximum absolute atomic E-state index is 13.0. The summed E-state index contributed by atoms with van der Waals surface area (Å²) in [4.78, 5) is 25.7. The predicted octanol–water partition coefficient (Wildman–Crippen LogP) is 3.82. The summed E-state index contributed by atoms with van der Waals surface area (Å²) >= 11 is 0.966. The minimum absolute atomic E-state index is 0.114. The third-order valence-corrected chi connectivity index (χ3v) is 5.49. The van der Waals surface area contributed by atoms with Crippen molar-refractivity contribution in [3.8, 4) is 0 Å². The molecule has 3 aromatic heterocycles. The van der Waals surface area contributed by atoms with Crippen molar-refractivity contribution in [2.75, 3.05) is 0 Å². The molecule has 1 amide bonds. The highest BCUT2D eigenvalue weighted by Crippen LogP contribution is 2.22. The molecule has 4 rings (SSSR count). The summed E-state index contributed by atoms with van der Waals surface area (Å²) in [6.07, 6.45) is 2.60. The van der Waals surface area contributed by atoms with Crippen LogP contribution in [0.3, 0.4) is 0 Å². The van der Waals surface area contributed by atoms with Gasteiger partial charge in [-0.15, -0.1) is 10.2 Å². The molecule has 0 saturated heterocycles. The molecule has 1 unspecified atom stereocenters. The van der Waals surface area contributed by atoms with Gasteiger partial charge in [-0.05, 0) is 42.0 Å². The molecule has 0 aliphatic rings. The summed E-state index contributed by atoms with van der Waals surface area (Å²) in [5, 5.41) is 13.0. The number of carbonyl (C=O) groups excluding carboxylic acids is 1. The standard InChI is InChI=1S/C21H20N4O2S/c1-13(2)11-16(19-24-23-18-9-5-6-10-25(18)19)22-20(26)17-12-14-7-3-4-8-15(14)21(27)28-17/h3-10,12-13,16H,11H2,1-2H3,(H,22,26). The molecule has 0 fully saturated rings. The number of nitrogens with one attached hydrogen (secondary N) is 1. The van der Waals surface area contributed by atoms with Gasteiger partial charge in [0.2, 0.25) is 4.74 Å². The molecule has 142 valence electrons. The van der Waals surface area contributed by atoms with Crippen LogP contribution in [-0.2, 0) is 0 Å². The van der Waals surface area contributed by atoms with Crippen molar-refractivity contribution in [1.29, 1.82) is 0 Å². The third kappa shape index (κ3) is 3.53. The van der Waals surface area contributed by atoms with Gasteiger partial charge in [0.1, 0.15) is 0 Å². The Morgan fingerprint density at radius 2 is 1.93 bits per heavy atom. The van der Waals surface area contributed by atoms with Crippen LogP contribution in [0.15, 0.2) is 59.5 Å². The lowest BCUT2D eigenvalue weighted by molar-refractivity contribution is 0.0933. The summed E-state index contributed by atoms with van der Waals surface area (Å²) in [5.74, 6) is 0.758. The lowest BCUT2D eigenvalue weighted by atomic mass is 10.0. The van der Waals surface area contributed by atoms with Crippen LogP contribution in [-0.4, -0.2) is 20.5 Å². The number of hydrogen-bond acceptors (Lipinski definition) is 5. The normalized spacial score (nSPS) is 12.5. The molecular formula is C21H20N4O2S. The first-order valence-corrected chi connectivity index (χ1v) is 9.98. The molecule has 4 aromatic rings. The van der Waals surface area contributed by atoms with E-state index in [1.807, 2.05) is 47.0 Å². The Balaban J connectivity index is 1.69. The van der Waals surface area contributed by atoms with E-state index in [4.69, 9.17) is 0 Å². The Hall–Kier alpha value is -3.06. The summed E-state index contributed by atoms with van der Waals surface area (Å²) in [7, 11) is 0. The Bertz CT molecular complexity index is 1210. The van der Waals surface area contributed by atoms with Crippen molar-refractivity contribution in [3.63, 3.8) is 0 Å². The molecule has 0 radical (unpaired) electrons. The zero-order valence-corrected chi connectivity index (χ0v) is 16.4. The zero-order chi connectivity index (χ0) is 19.7. The van der Waals surface area contributed by atoms with Crippen LogP contribution in [0.4, 0.5) is 0 Å². The van der Waals surface area contributed by atoms with E-state index in [2.05, 4.69) is 29.4 Å². The van der Waals surface area contributed by atoms with E-state index >= 15 is 0 Å². The maximum atomic E-state index is 13.0. The van der Waals surface area contributed by atoms with Crippen LogP contribution in [0.1, 0.15) is 41.8 Å². The highest BCUT2D eigenvalue weighted by atomic mass is 32.1. The monoisotopic (exact) mass is 392 g/mol. The minimum atomic E-state index is -0.307. The molecule has 7 heteroatoms. The molecule has 0 saturated carbocycles. The fourth-order valence-electron chi connectivity index (χ4n) is 3.27. The highest BCUT2D eigenvalue weighted by molar-refractivity contribution is 7.12. The van der Waals surface area contributed by atoms with Crippen LogP contribution >= 0.6 is 11.3 Å². The maximum Gasteiger partial charge on any atom is 0.262 e. The van der Waals surface area contributed by atoms with Gasteiger partial charge in [0.25, 0.3) is 5.91 Å². The third-order valence-electron chi connectivity index (χ3n) is 4.56. The molecule has 0 aliphatic carbocycles. The van der Waals surface area contributed by atoms with Crippen LogP contribution in [0, 0.1) is 5.92 Å². The van der Waals surface area contributed by atoms with E-state index in [1.165, 1.54) is 0 Å². The van der Waals surface area contributed by atoms with Gasteiger partial charge in [-0.2, -0.15) is 0 Å². The molecular weight excluding hydrogens is 372 g/mol. The van der Waals surface area contributed by atoms with Gasteiger partial charge in [0.15, 0.2) is 11.5 Å². The Morgan fingerprint density at radius 1 is 1.14 bits per heavy atom. The van der Waals surface area contributed by atoms with Gasteiger partial charge in [0, 0.05) is 11.6 Å². The fraction of sp³-hybridized carbons (Fsp3) is 0.238. The predicted molar refractivity (Wildman–Crippen MR) is 111 cm³/mol. The number of benzene rings is 1. The van der Waals surface area contributed by atoms with Crippen molar-refractivity contribution in [3.05, 3.63) is 75.0 Å². The SMILES string of the molecule is CC(C)CC(NC(=O)c1cc2ccccc2c(=O)s1)c1nnc2ccccn12. The second kappa shape index (κ2) is 7.52. The molecule has 1 N–H and O–H groups in total. The van der Waals surface area contributed by atoms with Gasteiger partial charge < -0.3 is 5.32 Å². The van der Waals surface area contributed by atoms with Crippen molar-refractivity contribution in [2.45, 2.75) is 26.3 Å². The first kappa shape index (κ1) is 18.3. The van der Waals surface area contributed by atoms with E-state index in [0.29, 0.717) is 28.4 Å². The summed E-state index contributed by atoms with van der Waals surface area (Å²) in [6.45, 7) is 4.19. The van der Waals surface area contributed by atoms with E-state index in [-0.39, 0.29) is 16.7 Å². The van der Waals surface area contributed by atoms with Gasteiger partial charge in [-0.3, -0.25) is 14.0 Å². The molecule has 28 heavy (non-hydrogen) atoms. The lowest BCUT2D eigenvalue weighted by Crippen LogP contribution is -2.31. The summed E-state index contributed by atoms with van der Waals surface area (Å²) in [5.41, 5.74) is 0.732. The van der Waals surface area contributed by atoms with E-state index in [1.54, 1.807) is 12.1 Å². The second-order valence-electron chi connectivity index (χ2n) is 7.13. The highest BCUT2D eigenvalue weighted by Gasteiger charge is 2.23. The second-order valence-corrected chi connectivity index (χ2v) is 8.14. The number of amides is 1. The Kier molecular flexibility index (Phi) is 4.92. The average molecular weight is 392 g/mol. The van der Waals surface area contributed by atoms with E-state index in [0.717, 1.165) is 22.4 Å². The smallest absolute Gasteiger partial charge is 0.262 e. The van der Waals surface area contributed by atoms with Gasteiger partial charge in [-0.25, -0.2) is 0 Å². The van der Waals surface area contributed by atoms with Crippen LogP contribution in [0.25, 0.3) is 16.4 Å². The minimum Gasteiger partial charge on any atom is -0.341 e. The van der Waals surface area contributed by atoms with Gasteiger partial charge in [-0.1, -0.05) is 49.4 Å². The Morgan fingerprint density at radius 3 is 2.75 bits per heavy atom. The number of pyridine rings is 1.